The van der Waals surface area contributed by atoms with Crippen molar-refractivity contribution in [3.05, 3.63) is 81.5 Å². The molecule has 1 aromatic carbocycles. The summed E-state index contributed by atoms with van der Waals surface area (Å²) in [6, 6.07) is 15.9. The number of fused-ring (bicyclic) bond motifs is 1. The van der Waals surface area contributed by atoms with Crippen molar-refractivity contribution in [2.45, 2.75) is 6.54 Å². The monoisotopic (exact) mass is 396 g/mol. The third-order valence-corrected chi connectivity index (χ3v) is 5.87. The maximum Gasteiger partial charge on any atom is 0.324 e. The second-order valence-electron chi connectivity index (χ2n) is 5.57. The van der Waals surface area contributed by atoms with E-state index in [0.717, 1.165) is 21.6 Å². The van der Waals surface area contributed by atoms with E-state index in [4.69, 9.17) is 0 Å². The minimum absolute atomic E-state index is 0.0690. The number of pyridine rings is 1. The molecule has 0 fully saturated rings. The topological polar surface area (TPSA) is 89.2 Å². The Morgan fingerprint density at radius 1 is 1.07 bits per heavy atom. The molecular weight excluding hydrogens is 384 g/mol. The van der Waals surface area contributed by atoms with Gasteiger partial charge in [0.25, 0.3) is 5.91 Å². The van der Waals surface area contributed by atoms with Gasteiger partial charge in [0.2, 0.25) is 0 Å². The van der Waals surface area contributed by atoms with Gasteiger partial charge < -0.3 is 0 Å². The summed E-state index contributed by atoms with van der Waals surface area (Å²) >= 11 is 2.25. The van der Waals surface area contributed by atoms with E-state index in [1.165, 1.54) is 28.4 Å². The van der Waals surface area contributed by atoms with Gasteiger partial charge in [0.15, 0.2) is 5.13 Å². The Labute approximate surface area is 161 Å². The highest BCUT2D eigenvalue weighted by atomic mass is 32.1. The fourth-order valence-corrected chi connectivity index (χ4v) is 4.26. The smallest absolute Gasteiger partial charge is 0.277 e. The van der Waals surface area contributed by atoms with Gasteiger partial charge in [-0.15, -0.1) is 0 Å². The number of anilines is 1. The van der Waals surface area contributed by atoms with E-state index in [0.29, 0.717) is 10.8 Å². The van der Waals surface area contributed by atoms with Crippen LogP contribution in [0.15, 0.2) is 60.8 Å². The van der Waals surface area contributed by atoms with Crippen molar-refractivity contribution in [1.82, 2.24) is 9.97 Å². The van der Waals surface area contributed by atoms with Crippen LogP contribution in [-0.4, -0.2) is 20.8 Å². The number of carbonyl (C=O) groups is 1. The number of rotatable bonds is 5. The molecular formula is C18H12N4O3S2. The molecule has 0 N–H and O–H groups in total. The molecule has 0 atom stereocenters. The highest BCUT2D eigenvalue weighted by molar-refractivity contribution is 7.22. The zero-order chi connectivity index (χ0) is 18.8. The molecule has 134 valence electrons. The number of nitro groups is 1. The first-order valence-corrected chi connectivity index (χ1v) is 9.57. The molecule has 0 saturated heterocycles. The number of thiophene rings is 1. The fourth-order valence-electron chi connectivity index (χ4n) is 2.53. The highest BCUT2D eigenvalue weighted by Gasteiger charge is 2.25. The van der Waals surface area contributed by atoms with Crippen LogP contribution < -0.4 is 4.90 Å². The number of hydrogen-bond donors (Lipinski definition) is 0. The van der Waals surface area contributed by atoms with Gasteiger partial charge in [-0.1, -0.05) is 40.9 Å². The number of benzene rings is 1. The van der Waals surface area contributed by atoms with Crippen LogP contribution in [0.3, 0.4) is 0 Å². The summed E-state index contributed by atoms with van der Waals surface area (Å²) in [5.41, 5.74) is 1.50. The first-order valence-electron chi connectivity index (χ1n) is 7.93. The van der Waals surface area contributed by atoms with E-state index >= 15 is 0 Å². The van der Waals surface area contributed by atoms with Crippen LogP contribution in [0, 0.1) is 10.1 Å². The molecule has 9 heteroatoms. The van der Waals surface area contributed by atoms with Crippen LogP contribution in [0.25, 0.3) is 10.2 Å². The van der Waals surface area contributed by atoms with E-state index in [9.17, 15) is 14.9 Å². The van der Waals surface area contributed by atoms with Crippen molar-refractivity contribution in [2.24, 2.45) is 0 Å². The molecule has 4 aromatic rings. The molecule has 7 nitrogen and oxygen atoms in total. The average molecular weight is 396 g/mol. The van der Waals surface area contributed by atoms with E-state index in [-0.39, 0.29) is 22.3 Å². The molecule has 0 spiro atoms. The summed E-state index contributed by atoms with van der Waals surface area (Å²) in [6.45, 7) is 0.227. The molecule has 3 aromatic heterocycles. The molecule has 0 radical (unpaired) electrons. The van der Waals surface area contributed by atoms with Crippen molar-refractivity contribution in [2.75, 3.05) is 4.90 Å². The number of carbonyl (C=O) groups excluding carboxylic acids is 1. The van der Waals surface area contributed by atoms with E-state index in [1.807, 2.05) is 36.4 Å². The van der Waals surface area contributed by atoms with E-state index < -0.39 is 4.92 Å². The van der Waals surface area contributed by atoms with Crippen LogP contribution in [0.1, 0.15) is 15.4 Å². The van der Waals surface area contributed by atoms with Crippen LogP contribution in [0.2, 0.25) is 0 Å². The number of aromatic nitrogens is 2. The van der Waals surface area contributed by atoms with Gasteiger partial charge in [0.05, 0.1) is 32.3 Å². The molecule has 1 amide bonds. The van der Waals surface area contributed by atoms with Crippen molar-refractivity contribution in [3.8, 4) is 0 Å². The van der Waals surface area contributed by atoms with Gasteiger partial charge in [0.1, 0.15) is 0 Å². The maximum atomic E-state index is 13.1. The Morgan fingerprint density at radius 3 is 2.59 bits per heavy atom. The second-order valence-corrected chi connectivity index (χ2v) is 7.64. The quantitative estimate of drug-likeness (QED) is 0.366. The predicted octanol–water partition coefficient (Wildman–Crippen LogP) is 4.51. The Hall–Kier alpha value is -3.17. The van der Waals surface area contributed by atoms with Crippen LogP contribution in [-0.2, 0) is 6.54 Å². The van der Waals surface area contributed by atoms with Crippen molar-refractivity contribution < 1.29 is 9.72 Å². The van der Waals surface area contributed by atoms with Gasteiger partial charge in [-0.3, -0.25) is 24.8 Å². The molecule has 3 heterocycles. The first kappa shape index (κ1) is 17.3. The summed E-state index contributed by atoms with van der Waals surface area (Å²) in [6.07, 6.45) is 1.66. The van der Waals surface area contributed by atoms with E-state index in [1.54, 1.807) is 12.3 Å². The molecule has 0 unspecified atom stereocenters. The largest absolute Gasteiger partial charge is 0.324 e. The lowest BCUT2D eigenvalue weighted by molar-refractivity contribution is -0.380. The maximum absolute atomic E-state index is 13.1. The predicted molar refractivity (Wildman–Crippen MR) is 105 cm³/mol. The Kier molecular flexibility index (Phi) is 4.61. The zero-order valence-electron chi connectivity index (χ0n) is 13.8. The van der Waals surface area contributed by atoms with Gasteiger partial charge >= 0.3 is 5.00 Å². The lowest BCUT2D eigenvalue weighted by Crippen LogP contribution is -2.30. The third-order valence-electron chi connectivity index (χ3n) is 3.79. The zero-order valence-corrected chi connectivity index (χ0v) is 15.4. The molecule has 27 heavy (non-hydrogen) atoms. The summed E-state index contributed by atoms with van der Waals surface area (Å²) in [7, 11) is 0. The number of amides is 1. The van der Waals surface area contributed by atoms with Crippen molar-refractivity contribution in [3.63, 3.8) is 0 Å². The van der Waals surface area contributed by atoms with Crippen LogP contribution in [0.5, 0.6) is 0 Å². The molecule has 0 aliphatic rings. The highest BCUT2D eigenvalue weighted by Crippen LogP contribution is 2.32. The Bertz CT molecular complexity index is 1090. The molecule has 0 aliphatic heterocycles. The number of hydrogen-bond acceptors (Lipinski definition) is 7. The Balaban J connectivity index is 1.74. The number of para-hydroxylation sites is 1. The van der Waals surface area contributed by atoms with Gasteiger partial charge in [-0.2, -0.15) is 0 Å². The number of nitrogens with zero attached hydrogens (tertiary/aromatic N) is 4. The Morgan fingerprint density at radius 2 is 1.89 bits per heavy atom. The van der Waals surface area contributed by atoms with Crippen LogP contribution in [0.4, 0.5) is 10.1 Å². The lowest BCUT2D eigenvalue weighted by Gasteiger charge is -2.18. The van der Waals surface area contributed by atoms with Gasteiger partial charge in [-0.05, 0) is 30.3 Å². The summed E-state index contributed by atoms with van der Waals surface area (Å²) < 4.78 is 0.962. The first-order chi connectivity index (χ1) is 13.1. The minimum atomic E-state index is -0.498. The average Bonchev–Trinajstić information content (AvgIpc) is 3.33. The third kappa shape index (κ3) is 3.55. The normalized spacial score (nSPS) is 10.8. The van der Waals surface area contributed by atoms with Gasteiger partial charge in [-0.25, -0.2) is 4.98 Å². The molecule has 4 rings (SSSR count). The standard InChI is InChI=1S/C18H12N4O3S2/c23-17(15-8-9-16(26-15)22(24)25)21(11-12-5-3-4-10-19-12)18-20-13-6-1-2-7-14(13)27-18/h1-10H,11H2. The molecule has 0 aliphatic carbocycles. The summed E-state index contributed by atoms with van der Waals surface area (Å²) in [4.78, 5) is 34.2. The number of thiazole rings is 1. The minimum Gasteiger partial charge on any atom is -0.277 e. The fraction of sp³-hybridized carbons (Fsp3) is 0.0556. The summed E-state index contributed by atoms with van der Waals surface area (Å²) in [5.74, 6) is -0.335. The van der Waals surface area contributed by atoms with Crippen molar-refractivity contribution >= 4 is 48.9 Å². The lowest BCUT2D eigenvalue weighted by atomic mass is 10.3. The van der Waals surface area contributed by atoms with Gasteiger partial charge in [0, 0.05) is 12.3 Å². The molecule has 0 bridgehead atoms. The second kappa shape index (κ2) is 7.22. The molecule has 0 saturated carbocycles. The van der Waals surface area contributed by atoms with Crippen molar-refractivity contribution in [1.29, 1.82) is 0 Å². The summed E-state index contributed by atoms with van der Waals surface area (Å²) in [5, 5.41) is 11.4. The SMILES string of the molecule is O=C(c1ccc([N+](=O)[O-])s1)N(Cc1ccccn1)c1nc2ccccc2s1. The van der Waals surface area contributed by atoms with E-state index in [2.05, 4.69) is 9.97 Å². The van der Waals surface area contributed by atoms with Crippen LogP contribution >= 0.6 is 22.7 Å².